The second kappa shape index (κ2) is 6.89. The average Bonchev–Trinajstić information content (AvgIpc) is 3.07. The van der Waals surface area contributed by atoms with Crippen LogP contribution >= 0.6 is 0 Å². The highest BCUT2D eigenvalue weighted by Crippen LogP contribution is 2.29. The fourth-order valence-corrected chi connectivity index (χ4v) is 2.10. The number of carbonyl (C=O) groups is 1. The van der Waals surface area contributed by atoms with E-state index in [2.05, 4.69) is 6.92 Å². The molecular weight excluding hydrogens is 200 g/mol. The number of hydrogen-bond donors (Lipinski definition) is 1. The summed E-state index contributed by atoms with van der Waals surface area (Å²) < 4.78 is 0. The van der Waals surface area contributed by atoms with Gasteiger partial charge in [0, 0.05) is 20.0 Å². The Morgan fingerprint density at radius 3 is 2.62 bits per heavy atom. The third-order valence-corrected chi connectivity index (χ3v) is 3.57. The normalized spacial score (nSPS) is 17.2. The first-order valence-corrected chi connectivity index (χ1v) is 6.61. The second-order valence-corrected chi connectivity index (χ2v) is 5.11. The molecule has 0 aromatic heterocycles. The summed E-state index contributed by atoms with van der Waals surface area (Å²) >= 11 is 0. The topological polar surface area (TPSA) is 46.3 Å². The highest BCUT2D eigenvalue weighted by atomic mass is 16.2. The number of amides is 1. The zero-order chi connectivity index (χ0) is 12.0. The predicted molar refractivity (Wildman–Crippen MR) is 67.0 cm³/mol. The maximum absolute atomic E-state index is 11.8. The van der Waals surface area contributed by atoms with E-state index in [-0.39, 0.29) is 0 Å². The quantitative estimate of drug-likeness (QED) is 0.688. The lowest BCUT2D eigenvalue weighted by Gasteiger charge is -2.19. The standard InChI is InChI=1S/C13H26N2O/c1-3-11(8-9-14)6-7-13(16)15(2)10-12-4-5-12/h11-12H,3-10,14H2,1-2H3. The maximum atomic E-state index is 11.8. The van der Waals surface area contributed by atoms with Crippen LogP contribution < -0.4 is 5.73 Å². The van der Waals surface area contributed by atoms with Gasteiger partial charge >= 0.3 is 0 Å². The molecule has 0 radical (unpaired) electrons. The molecule has 0 heterocycles. The second-order valence-electron chi connectivity index (χ2n) is 5.11. The minimum Gasteiger partial charge on any atom is -0.345 e. The van der Waals surface area contributed by atoms with Gasteiger partial charge < -0.3 is 10.6 Å². The van der Waals surface area contributed by atoms with Gasteiger partial charge in [-0.05, 0) is 44.1 Å². The molecular formula is C13H26N2O. The Hall–Kier alpha value is -0.570. The fraction of sp³-hybridized carbons (Fsp3) is 0.923. The number of nitrogens with zero attached hydrogens (tertiary/aromatic N) is 1. The van der Waals surface area contributed by atoms with Crippen LogP contribution in [-0.4, -0.2) is 30.9 Å². The van der Waals surface area contributed by atoms with E-state index < -0.39 is 0 Å². The molecule has 1 rings (SSSR count). The fourth-order valence-electron chi connectivity index (χ4n) is 2.10. The average molecular weight is 226 g/mol. The van der Waals surface area contributed by atoms with Gasteiger partial charge in [-0.1, -0.05) is 13.3 Å². The van der Waals surface area contributed by atoms with Crippen LogP contribution in [0.2, 0.25) is 0 Å². The van der Waals surface area contributed by atoms with Crippen molar-refractivity contribution in [1.82, 2.24) is 4.90 Å². The molecule has 0 spiro atoms. The summed E-state index contributed by atoms with van der Waals surface area (Å²) in [6, 6.07) is 0. The Labute approximate surface area is 99.4 Å². The van der Waals surface area contributed by atoms with Gasteiger partial charge in [-0.3, -0.25) is 4.79 Å². The zero-order valence-electron chi connectivity index (χ0n) is 10.7. The van der Waals surface area contributed by atoms with E-state index in [1.165, 1.54) is 12.8 Å². The lowest BCUT2D eigenvalue weighted by Crippen LogP contribution is -2.29. The summed E-state index contributed by atoms with van der Waals surface area (Å²) in [7, 11) is 1.94. The van der Waals surface area contributed by atoms with E-state index in [0.29, 0.717) is 18.2 Å². The monoisotopic (exact) mass is 226 g/mol. The van der Waals surface area contributed by atoms with Crippen molar-refractivity contribution >= 4 is 5.91 Å². The summed E-state index contributed by atoms with van der Waals surface area (Å²) in [4.78, 5) is 13.7. The molecule has 1 aliphatic carbocycles. The van der Waals surface area contributed by atoms with Gasteiger partial charge in [-0.2, -0.15) is 0 Å². The van der Waals surface area contributed by atoms with Gasteiger partial charge in [0.1, 0.15) is 0 Å². The first-order valence-electron chi connectivity index (χ1n) is 6.61. The van der Waals surface area contributed by atoms with Crippen molar-refractivity contribution in [2.24, 2.45) is 17.6 Å². The molecule has 1 aliphatic rings. The number of carbonyl (C=O) groups excluding carboxylic acids is 1. The highest BCUT2D eigenvalue weighted by molar-refractivity contribution is 5.75. The summed E-state index contributed by atoms with van der Waals surface area (Å²) in [5.41, 5.74) is 5.55. The summed E-state index contributed by atoms with van der Waals surface area (Å²) in [5, 5.41) is 0. The molecule has 16 heavy (non-hydrogen) atoms. The SMILES string of the molecule is CCC(CCN)CCC(=O)N(C)CC1CC1. The van der Waals surface area contributed by atoms with Crippen LogP contribution in [0.1, 0.15) is 45.4 Å². The van der Waals surface area contributed by atoms with Crippen LogP contribution in [0.4, 0.5) is 0 Å². The molecule has 3 heteroatoms. The molecule has 1 fully saturated rings. The first-order chi connectivity index (χ1) is 7.67. The molecule has 2 N–H and O–H groups in total. The Kier molecular flexibility index (Phi) is 5.81. The number of hydrogen-bond acceptors (Lipinski definition) is 2. The smallest absolute Gasteiger partial charge is 0.222 e. The maximum Gasteiger partial charge on any atom is 0.222 e. The molecule has 94 valence electrons. The Balaban J connectivity index is 2.16. The van der Waals surface area contributed by atoms with Gasteiger partial charge in [-0.25, -0.2) is 0 Å². The lowest BCUT2D eigenvalue weighted by atomic mass is 9.96. The van der Waals surface area contributed by atoms with Crippen LogP contribution in [0.25, 0.3) is 0 Å². The van der Waals surface area contributed by atoms with Crippen LogP contribution in [-0.2, 0) is 4.79 Å². The van der Waals surface area contributed by atoms with Gasteiger partial charge in [0.15, 0.2) is 0 Å². The van der Waals surface area contributed by atoms with Gasteiger partial charge in [0.05, 0.1) is 0 Å². The first kappa shape index (κ1) is 13.5. The zero-order valence-corrected chi connectivity index (χ0v) is 10.7. The summed E-state index contributed by atoms with van der Waals surface area (Å²) in [6.07, 6.45) is 6.50. The van der Waals surface area contributed by atoms with E-state index in [1.54, 1.807) is 0 Å². The van der Waals surface area contributed by atoms with Crippen molar-refractivity contribution in [2.75, 3.05) is 20.1 Å². The third-order valence-electron chi connectivity index (χ3n) is 3.57. The molecule has 0 aromatic carbocycles. The predicted octanol–water partition coefficient (Wildman–Crippen LogP) is 2.01. The molecule has 3 nitrogen and oxygen atoms in total. The number of rotatable bonds is 8. The van der Waals surface area contributed by atoms with Crippen molar-refractivity contribution in [2.45, 2.75) is 45.4 Å². The largest absolute Gasteiger partial charge is 0.345 e. The molecule has 1 amide bonds. The van der Waals surface area contributed by atoms with Gasteiger partial charge in [0.2, 0.25) is 5.91 Å². The van der Waals surface area contributed by atoms with Crippen LogP contribution in [0, 0.1) is 11.8 Å². The summed E-state index contributed by atoms with van der Waals surface area (Å²) in [6.45, 7) is 3.88. The van der Waals surface area contributed by atoms with Crippen molar-refractivity contribution in [3.8, 4) is 0 Å². The molecule has 0 bridgehead atoms. The van der Waals surface area contributed by atoms with Crippen molar-refractivity contribution in [3.05, 3.63) is 0 Å². The van der Waals surface area contributed by atoms with E-state index in [0.717, 1.165) is 38.3 Å². The van der Waals surface area contributed by atoms with Gasteiger partial charge in [-0.15, -0.1) is 0 Å². The van der Waals surface area contributed by atoms with Gasteiger partial charge in [0.25, 0.3) is 0 Å². The van der Waals surface area contributed by atoms with E-state index in [4.69, 9.17) is 5.73 Å². The Morgan fingerprint density at radius 2 is 2.12 bits per heavy atom. The van der Waals surface area contributed by atoms with Crippen molar-refractivity contribution in [3.63, 3.8) is 0 Å². The summed E-state index contributed by atoms with van der Waals surface area (Å²) in [5.74, 6) is 1.73. The molecule has 0 saturated heterocycles. The van der Waals surface area contributed by atoms with Crippen molar-refractivity contribution < 1.29 is 4.79 Å². The van der Waals surface area contributed by atoms with Crippen molar-refractivity contribution in [1.29, 1.82) is 0 Å². The van der Waals surface area contributed by atoms with E-state index >= 15 is 0 Å². The molecule has 1 unspecified atom stereocenters. The minimum absolute atomic E-state index is 0.308. The molecule has 0 aliphatic heterocycles. The van der Waals surface area contributed by atoms with E-state index in [1.807, 2.05) is 11.9 Å². The molecule has 0 aromatic rings. The minimum atomic E-state index is 0.308. The molecule has 1 saturated carbocycles. The van der Waals surface area contributed by atoms with E-state index in [9.17, 15) is 4.79 Å². The third kappa shape index (κ3) is 4.97. The van der Waals surface area contributed by atoms with Crippen LogP contribution in [0.5, 0.6) is 0 Å². The highest BCUT2D eigenvalue weighted by Gasteiger charge is 2.24. The van der Waals surface area contributed by atoms with Crippen LogP contribution in [0.15, 0.2) is 0 Å². The Morgan fingerprint density at radius 1 is 1.44 bits per heavy atom. The Bertz CT molecular complexity index is 214. The van der Waals surface area contributed by atoms with Crippen LogP contribution in [0.3, 0.4) is 0 Å². The number of nitrogens with two attached hydrogens (primary N) is 1. The molecule has 1 atom stereocenters. The lowest BCUT2D eigenvalue weighted by molar-refractivity contribution is -0.130.